The van der Waals surface area contributed by atoms with Gasteiger partial charge in [-0.25, -0.2) is 8.82 Å². The number of hydrogen-bond donors (Lipinski definition) is 1. The molecule has 2 unspecified atom stereocenters. The van der Waals surface area contributed by atoms with Crippen molar-refractivity contribution in [1.82, 2.24) is 18.9 Å². The van der Waals surface area contributed by atoms with Crippen LogP contribution in [0.3, 0.4) is 0 Å². The first kappa shape index (κ1) is 27.1. The zero-order valence-electron chi connectivity index (χ0n) is 22.5. The second-order valence-electron chi connectivity index (χ2n) is 10.1. The third-order valence-corrected chi connectivity index (χ3v) is 10.1. The van der Waals surface area contributed by atoms with E-state index in [1.807, 2.05) is 34.8 Å². The van der Waals surface area contributed by atoms with Crippen molar-refractivity contribution in [2.75, 3.05) is 26.0 Å². The van der Waals surface area contributed by atoms with Crippen LogP contribution in [0.2, 0.25) is 0 Å². The molecule has 0 saturated carbocycles. The van der Waals surface area contributed by atoms with E-state index >= 15 is 0 Å². The van der Waals surface area contributed by atoms with E-state index < -0.39 is 9.71 Å². The summed E-state index contributed by atoms with van der Waals surface area (Å²) in [6, 6.07) is 5.56. The normalized spacial score (nSPS) is 17.5. The van der Waals surface area contributed by atoms with Crippen LogP contribution < -0.4 is 10.3 Å². The summed E-state index contributed by atoms with van der Waals surface area (Å²) < 4.78 is 22.1. The van der Waals surface area contributed by atoms with Gasteiger partial charge in [0.1, 0.15) is 5.75 Å². The Labute approximate surface area is 219 Å². The quantitative estimate of drug-likeness (QED) is 0.337. The zero-order valence-corrected chi connectivity index (χ0v) is 23.3. The number of carbonyl (C=O) groups is 1. The monoisotopic (exact) mass is 526 g/mol. The van der Waals surface area contributed by atoms with Crippen molar-refractivity contribution < 1.29 is 13.7 Å². The first-order valence-corrected chi connectivity index (χ1v) is 14.8. The number of ether oxygens (including phenoxy) is 1. The molecule has 1 aliphatic heterocycles. The molecule has 0 aromatic carbocycles. The van der Waals surface area contributed by atoms with Gasteiger partial charge in [0.15, 0.2) is 5.78 Å². The lowest BCUT2D eigenvalue weighted by Gasteiger charge is -2.36. The van der Waals surface area contributed by atoms with Gasteiger partial charge in [0, 0.05) is 64.0 Å². The van der Waals surface area contributed by atoms with Crippen LogP contribution in [0.4, 0.5) is 0 Å². The topological polar surface area (TPSA) is 96.8 Å². The second-order valence-corrected chi connectivity index (χ2v) is 12.7. The zero-order chi connectivity index (χ0) is 26.9. The number of aromatic amines is 1. The van der Waals surface area contributed by atoms with Crippen molar-refractivity contribution >= 4 is 26.9 Å². The first-order chi connectivity index (χ1) is 17.6. The number of pyridine rings is 1. The molecular weight excluding hydrogens is 488 g/mol. The lowest BCUT2D eigenvalue weighted by molar-refractivity contribution is 0.0983. The molecule has 1 aliphatic rings. The van der Waals surface area contributed by atoms with E-state index in [0.717, 1.165) is 42.7 Å². The first-order valence-electron chi connectivity index (χ1n) is 12.9. The Morgan fingerprint density at radius 2 is 2.03 bits per heavy atom. The van der Waals surface area contributed by atoms with Crippen molar-refractivity contribution in [3.63, 3.8) is 0 Å². The summed E-state index contributed by atoms with van der Waals surface area (Å²) in [4.78, 5) is 28.9. The molecule has 1 saturated heterocycles. The van der Waals surface area contributed by atoms with E-state index in [0.29, 0.717) is 40.7 Å². The van der Waals surface area contributed by atoms with E-state index in [1.54, 1.807) is 19.2 Å². The van der Waals surface area contributed by atoms with Crippen molar-refractivity contribution in [2.24, 2.45) is 5.92 Å². The van der Waals surface area contributed by atoms with Gasteiger partial charge in [0.05, 0.1) is 18.2 Å². The van der Waals surface area contributed by atoms with Crippen molar-refractivity contribution in [3.8, 4) is 5.75 Å². The molecule has 9 heteroatoms. The number of ketones is 1. The average Bonchev–Trinajstić information content (AvgIpc) is 3.18. The molecule has 4 rings (SSSR count). The SMILES string of the molecule is C=S(=O)(CC)N1CCC(C(C)c2c(C)c(C(=O)CCc3c(OC)cc(C)[nH]c3=O)c3cccnn23)CC1. The van der Waals surface area contributed by atoms with Crippen LogP contribution in [-0.4, -0.2) is 60.7 Å². The molecule has 4 heterocycles. The van der Waals surface area contributed by atoms with Gasteiger partial charge in [-0.05, 0) is 68.7 Å². The molecule has 3 aromatic rings. The van der Waals surface area contributed by atoms with Crippen LogP contribution in [0, 0.1) is 19.8 Å². The molecule has 200 valence electrons. The van der Waals surface area contributed by atoms with Crippen molar-refractivity contribution in [2.45, 2.75) is 59.3 Å². The van der Waals surface area contributed by atoms with Crippen molar-refractivity contribution in [1.29, 1.82) is 0 Å². The van der Waals surface area contributed by atoms with Gasteiger partial charge in [-0.3, -0.25) is 13.8 Å². The Bertz CT molecular complexity index is 1460. The predicted molar refractivity (Wildman–Crippen MR) is 149 cm³/mol. The highest BCUT2D eigenvalue weighted by molar-refractivity contribution is 7.98. The molecule has 8 nitrogen and oxygen atoms in total. The van der Waals surface area contributed by atoms with E-state index in [-0.39, 0.29) is 23.7 Å². The fraction of sp³-hybridized carbons (Fsp3) is 0.500. The third kappa shape index (κ3) is 5.25. The summed E-state index contributed by atoms with van der Waals surface area (Å²) in [5.74, 6) is 5.56. The molecule has 0 aliphatic carbocycles. The van der Waals surface area contributed by atoms with E-state index in [2.05, 4.69) is 22.9 Å². The van der Waals surface area contributed by atoms with Crippen LogP contribution >= 0.6 is 0 Å². The minimum atomic E-state index is -2.19. The Balaban J connectivity index is 1.61. The Kier molecular flexibility index (Phi) is 7.94. The number of rotatable bonds is 9. The van der Waals surface area contributed by atoms with E-state index in [1.165, 1.54) is 7.11 Å². The number of methoxy groups -OCH3 is 1. The van der Waals surface area contributed by atoms with Crippen LogP contribution in [0.5, 0.6) is 5.75 Å². The van der Waals surface area contributed by atoms with Gasteiger partial charge in [-0.15, -0.1) is 0 Å². The van der Waals surface area contributed by atoms with Crippen LogP contribution in [0.15, 0.2) is 29.2 Å². The molecule has 0 bridgehead atoms. The van der Waals surface area contributed by atoms with Crippen LogP contribution in [-0.2, 0) is 16.1 Å². The number of aryl methyl sites for hydroxylation is 1. The molecule has 37 heavy (non-hydrogen) atoms. The molecule has 1 N–H and O–H groups in total. The maximum Gasteiger partial charge on any atom is 0.255 e. The summed E-state index contributed by atoms with van der Waals surface area (Å²) in [6.07, 6.45) is 4.08. The molecule has 0 spiro atoms. The Morgan fingerprint density at radius 3 is 2.68 bits per heavy atom. The number of piperidine rings is 1. The third-order valence-electron chi connectivity index (χ3n) is 7.88. The van der Waals surface area contributed by atoms with Gasteiger partial charge >= 0.3 is 0 Å². The summed E-state index contributed by atoms with van der Waals surface area (Å²) in [5, 5.41) is 4.62. The highest BCUT2D eigenvalue weighted by Crippen LogP contribution is 2.37. The number of H-pyrrole nitrogens is 1. The van der Waals surface area contributed by atoms with Gasteiger partial charge < -0.3 is 9.72 Å². The van der Waals surface area contributed by atoms with Crippen LogP contribution in [0.25, 0.3) is 5.52 Å². The molecular formula is C28H38N4O4S. The fourth-order valence-corrected chi connectivity index (χ4v) is 6.94. The minimum absolute atomic E-state index is 0.0157. The van der Waals surface area contributed by atoms with E-state index in [9.17, 15) is 13.8 Å². The maximum absolute atomic E-state index is 13.6. The number of carbonyl (C=O) groups excluding carboxylic acids is 1. The number of nitrogens with zero attached hydrogens (tertiary/aromatic N) is 3. The number of hydrogen-bond acceptors (Lipinski definition) is 5. The highest BCUT2D eigenvalue weighted by atomic mass is 32.2. The molecule has 0 amide bonds. The molecule has 0 radical (unpaired) electrons. The predicted octanol–water partition coefficient (Wildman–Crippen LogP) is 3.93. The van der Waals surface area contributed by atoms with Gasteiger partial charge in [0.2, 0.25) is 0 Å². The second kappa shape index (κ2) is 10.8. The summed E-state index contributed by atoms with van der Waals surface area (Å²) in [5.41, 5.74) is 4.43. The summed E-state index contributed by atoms with van der Waals surface area (Å²) >= 11 is 0. The Morgan fingerprint density at radius 1 is 1.32 bits per heavy atom. The van der Waals surface area contributed by atoms with Gasteiger partial charge in [-0.2, -0.15) is 5.10 Å². The summed E-state index contributed by atoms with van der Waals surface area (Å²) in [7, 11) is -0.653. The molecule has 2 atom stereocenters. The maximum atomic E-state index is 13.6. The standard InChI is InChI=1S/C28H38N4O4S/c1-7-37(6,35)31-15-12-21(13-16-31)19(3)27-20(4)26(23-9-8-14-29-32(23)27)24(33)11-10-22-25(36-5)17-18(2)30-28(22)34/h8-9,14,17,19,21H,6-7,10-13,15-16H2,1-5H3,(H,30,34). The number of nitrogens with one attached hydrogen (secondary N) is 1. The molecule has 1 fully saturated rings. The Hall–Kier alpha value is -2.91. The number of fused-ring (bicyclic) bond motifs is 1. The van der Waals surface area contributed by atoms with Crippen LogP contribution in [0.1, 0.15) is 71.9 Å². The largest absolute Gasteiger partial charge is 0.496 e. The average molecular weight is 527 g/mol. The smallest absolute Gasteiger partial charge is 0.255 e. The fourth-order valence-electron chi connectivity index (χ4n) is 5.70. The highest BCUT2D eigenvalue weighted by Gasteiger charge is 2.32. The number of Topliss-reactive ketones (excluding diaryl/α,β-unsaturated/α-hetero) is 1. The summed E-state index contributed by atoms with van der Waals surface area (Å²) in [6.45, 7) is 9.46. The minimum Gasteiger partial charge on any atom is -0.496 e. The molecule has 3 aromatic heterocycles. The lowest BCUT2D eigenvalue weighted by Crippen LogP contribution is -2.40. The lowest BCUT2D eigenvalue weighted by atomic mass is 9.82. The van der Waals surface area contributed by atoms with Crippen molar-refractivity contribution in [3.05, 3.63) is 62.8 Å². The van der Waals surface area contributed by atoms with Gasteiger partial charge in [-0.1, -0.05) is 13.8 Å². The van der Waals surface area contributed by atoms with Gasteiger partial charge in [0.25, 0.3) is 5.56 Å². The number of aromatic nitrogens is 3. The van der Waals surface area contributed by atoms with E-state index in [4.69, 9.17) is 4.74 Å².